The van der Waals surface area contributed by atoms with Crippen LogP contribution < -0.4 is 20.1 Å². The van der Waals surface area contributed by atoms with Gasteiger partial charge in [-0.1, -0.05) is 42.5 Å². The minimum atomic E-state index is -0.901. The Morgan fingerprint density at radius 2 is 1.71 bits per heavy atom. The second kappa shape index (κ2) is 14.8. The number of ether oxygens (including phenoxy) is 2. The van der Waals surface area contributed by atoms with E-state index in [9.17, 15) is 14.7 Å². The summed E-state index contributed by atoms with van der Waals surface area (Å²) in [5.41, 5.74) is 3.34. The number of amides is 2. The minimum absolute atomic E-state index is 0.0853. The quantitative estimate of drug-likeness (QED) is 0.186. The fourth-order valence-corrected chi connectivity index (χ4v) is 5.15. The summed E-state index contributed by atoms with van der Waals surface area (Å²) in [7, 11) is 3.12. The first-order valence-electron chi connectivity index (χ1n) is 15.1. The molecule has 0 radical (unpaired) electrons. The predicted octanol–water partition coefficient (Wildman–Crippen LogP) is 3.36. The van der Waals surface area contributed by atoms with E-state index in [1.54, 1.807) is 36.4 Å². The van der Waals surface area contributed by atoms with Crippen LogP contribution >= 0.6 is 0 Å². The number of nitrogens with zero attached hydrogens (tertiary/aromatic N) is 4. The van der Waals surface area contributed by atoms with Crippen molar-refractivity contribution in [2.24, 2.45) is 0 Å². The van der Waals surface area contributed by atoms with Gasteiger partial charge in [0, 0.05) is 30.3 Å². The van der Waals surface area contributed by atoms with Crippen molar-refractivity contribution in [2.45, 2.75) is 57.6 Å². The second-order valence-electron chi connectivity index (χ2n) is 11.3. The highest BCUT2D eigenvalue weighted by Crippen LogP contribution is 2.30. The number of aromatic nitrogens is 3. The molecule has 236 valence electrons. The van der Waals surface area contributed by atoms with Crippen LogP contribution in [0.3, 0.4) is 0 Å². The molecule has 4 aromatic rings. The molecule has 11 nitrogen and oxygen atoms in total. The van der Waals surface area contributed by atoms with E-state index in [1.807, 2.05) is 61.5 Å². The van der Waals surface area contributed by atoms with Crippen molar-refractivity contribution >= 4 is 11.8 Å². The molecule has 1 aliphatic carbocycles. The third-order valence-corrected chi connectivity index (χ3v) is 7.73. The molecule has 1 heterocycles. The van der Waals surface area contributed by atoms with Gasteiger partial charge in [0.1, 0.15) is 18.2 Å². The molecule has 0 spiro atoms. The van der Waals surface area contributed by atoms with Gasteiger partial charge in [-0.15, -0.1) is 0 Å². The maximum absolute atomic E-state index is 13.7. The molecule has 1 fully saturated rings. The molecule has 2 amide bonds. The molecule has 1 saturated carbocycles. The molecule has 0 unspecified atom stereocenters. The van der Waals surface area contributed by atoms with Gasteiger partial charge in [-0.05, 0) is 67.6 Å². The number of methoxy groups -OCH3 is 2. The lowest BCUT2D eigenvalue weighted by molar-refractivity contribution is 0.0663. The Kier molecular flexibility index (Phi) is 10.4. The lowest BCUT2D eigenvalue weighted by atomic mass is 10.00. The van der Waals surface area contributed by atoms with Crippen LogP contribution in [-0.4, -0.2) is 75.8 Å². The van der Waals surface area contributed by atoms with E-state index in [2.05, 4.69) is 20.8 Å². The molecule has 45 heavy (non-hydrogen) atoms. The highest BCUT2D eigenvalue weighted by atomic mass is 16.5. The van der Waals surface area contributed by atoms with Gasteiger partial charge in [0.25, 0.3) is 11.8 Å². The van der Waals surface area contributed by atoms with Gasteiger partial charge in [-0.2, -0.15) is 15.0 Å². The number of aliphatic hydroxyl groups excluding tert-OH is 1. The topological polar surface area (TPSA) is 131 Å². The number of carbonyl (C=O) groups is 2. The third kappa shape index (κ3) is 8.68. The zero-order valence-corrected chi connectivity index (χ0v) is 25.8. The predicted molar refractivity (Wildman–Crippen MR) is 169 cm³/mol. The zero-order valence-electron chi connectivity index (χ0n) is 25.8. The Labute approximate surface area is 263 Å². The van der Waals surface area contributed by atoms with E-state index in [4.69, 9.17) is 9.47 Å². The summed E-state index contributed by atoms with van der Waals surface area (Å²) in [5.74, 6) is 0.490. The molecule has 3 N–H and O–H groups in total. The van der Waals surface area contributed by atoms with Crippen LogP contribution in [0.25, 0.3) is 0 Å². The lowest BCUT2D eigenvalue weighted by Crippen LogP contribution is -2.48. The van der Waals surface area contributed by atoms with Crippen LogP contribution in [0.5, 0.6) is 11.5 Å². The number of carbonyl (C=O) groups excluding carboxylic acids is 2. The Morgan fingerprint density at radius 1 is 0.978 bits per heavy atom. The fourth-order valence-electron chi connectivity index (χ4n) is 5.15. The summed E-state index contributed by atoms with van der Waals surface area (Å²) in [6.45, 7) is 2.82. The Hall–Kier alpha value is -4.74. The van der Waals surface area contributed by atoms with Crippen molar-refractivity contribution < 1.29 is 24.2 Å². The molecular formula is C34H40N6O5. The fraction of sp³-hybridized carbons (Fsp3) is 0.353. The normalized spacial score (nSPS) is 14.0. The average molecular weight is 613 g/mol. The number of hydrogen-bond acceptors (Lipinski definition) is 8. The van der Waals surface area contributed by atoms with Crippen LogP contribution in [0.2, 0.25) is 0 Å². The number of aryl methyl sites for hydroxylation is 1. The van der Waals surface area contributed by atoms with Gasteiger partial charge < -0.3 is 30.1 Å². The largest absolute Gasteiger partial charge is 0.497 e. The number of nitrogens with one attached hydrogen (secondary N) is 2. The highest BCUT2D eigenvalue weighted by Gasteiger charge is 2.34. The first kappa shape index (κ1) is 31.7. The molecule has 0 saturated heterocycles. The first-order chi connectivity index (χ1) is 21.8. The average Bonchev–Trinajstić information content (AvgIpc) is 3.83. The van der Waals surface area contributed by atoms with E-state index < -0.39 is 18.1 Å². The molecular weight excluding hydrogens is 572 g/mol. The van der Waals surface area contributed by atoms with Crippen molar-refractivity contribution in [3.05, 3.63) is 107 Å². The van der Waals surface area contributed by atoms with E-state index in [0.717, 1.165) is 35.4 Å². The molecule has 1 aromatic heterocycles. The molecule has 0 bridgehead atoms. The number of benzene rings is 3. The van der Waals surface area contributed by atoms with Gasteiger partial charge in [-0.3, -0.25) is 9.59 Å². The summed E-state index contributed by atoms with van der Waals surface area (Å²) in [6, 6.07) is 21.7. The Bertz CT molecular complexity index is 1590. The van der Waals surface area contributed by atoms with Crippen molar-refractivity contribution in [3.63, 3.8) is 0 Å². The van der Waals surface area contributed by atoms with E-state index in [1.165, 1.54) is 11.9 Å². The van der Waals surface area contributed by atoms with Gasteiger partial charge in [0.05, 0.1) is 38.3 Å². The van der Waals surface area contributed by atoms with Crippen LogP contribution in [0, 0.1) is 6.92 Å². The van der Waals surface area contributed by atoms with Gasteiger partial charge >= 0.3 is 0 Å². The minimum Gasteiger partial charge on any atom is -0.497 e. The lowest BCUT2D eigenvalue weighted by Gasteiger charge is -2.25. The second-order valence-corrected chi connectivity index (χ2v) is 11.3. The molecule has 2 atom stereocenters. The van der Waals surface area contributed by atoms with Crippen molar-refractivity contribution in [1.29, 1.82) is 0 Å². The number of hydrogen-bond donors (Lipinski definition) is 3. The van der Waals surface area contributed by atoms with Crippen LogP contribution in [-0.2, 0) is 19.6 Å². The molecule has 0 aliphatic heterocycles. The molecule has 11 heteroatoms. The first-order valence-corrected chi connectivity index (χ1v) is 15.1. The zero-order chi connectivity index (χ0) is 31.8. The van der Waals surface area contributed by atoms with Gasteiger partial charge in [0.2, 0.25) is 0 Å². The SMILES string of the molecule is COc1cccc(CNC[C@@H](O)[C@H](Cc2ccccc2)NC(=O)c2cc(OC)cc(C(=O)N(Cn3ncc(C)n3)C3CC3)c2)c1. The third-order valence-electron chi connectivity index (χ3n) is 7.73. The Balaban J connectivity index is 1.32. The molecule has 1 aliphatic rings. The standard InChI is InChI=1S/C34H40N6O5/c1-23-19-36-40(38-23)22-39(28-12-13-28)34(43)27-16-26(17-30(18-27)45-3)33(42)37-31(15-24-8-5-4-6-9-24)32(41)21-35-20-25-10-7-11-29(14-25)44-2/h4-11,14,16-19,28,31-32,35,41H,12-13,15,20-22H2,1-3H3,(H,37,42)/t31-,32+/m0/s1. The van der Waals surface area contributed by atoms with Crippen LogP contribution in [0.15, 0.2) is 79.0 Å². The van der Waals surface area contributed by atoms with E-state index in [-0.39, 0.29) is 30.7 Å². The Morgan fingerprint density at radius 3 is 2.40 bits per heavy atom. The highest BCUT2D eigenvalue weighted by molar-refractivity contribution is 6.00. The summed E-state index contributed by atoms with van der Waals surface area (Å²) in [6.07, 6.45) is 2.96. The van der Waals surface area contributed by atoms with Gasteiger partial charge in [0.15, 0.2) is 0 Å². The number of rotatable bonds is 15. The van der Waals surface area contributed by atoms with Crippen molar-refractivity contribution in [2.75, 3.05) is 20.8 Å². The van der Waals surface area contributed by atoms with Crippen LogP contribution in [0.4, 0.5) is 0 Å². The summed E-state index contributed by atoms with van der Waals surface area (Å²) >= 11 is 0. The summed E-state index contributed by atoms with van der Waals surface area (Å²) in [4.78, 5) is 30.7. The molecule has 5 rings (SSSR count). The maximum Gasteiger partial charge on any atom is 0.255 e. The molecule has 3 aromatic carbocycles. The monoisotopic (exact) mass is 612 g/mol. The van der Waals surface area contributed by atoms with Gasteiger partial charge in [-0.25, -0.2) is 0 Å². The summed E-state index contributed by atoms with van der Waals surface area (Å²) < 4.78 is 10.8. The van der Waals surface area contributed by atoms with E-state index in [0.29, 0.717) is 24.3 Å². The van der Waals surface area contributed by atoms with Crippen molar-refractivity contribution in [1.82, 2.24) is 30.5 Å². The maximum atomic E-state index is 13.7. The number of aliphatic hydroxyl groups is 1. The van der Waals surface area contributed by atoms with Crippen molar-refractivity contribution in [3.8, 4) is 11.5 Å². The van der Waals surface area contributed by atoms with Crippen LogP contribution in [0.1, 0.15) is 50.4 Å². The summed E-state index contributed by atoms with van der Waals surface area (Å²) in [5, 5.41) is 26.1. The van der Waals surface area contributed by atoms with E-state index >= 15 is 0 Å². The smallest absolute Gasteiger partial charge is 0.255 e.